The second-order valence-corrected chi connectivity index (χ2v) is 5.98. The van der Waals surface area contributed by atoms with Gasteiger partial charge in [0.05, 0.1) is 5.56 Å². The number of nitrogen functional groups attached to an aromatic ring is 1. The summed E-state index contributed by atoms with van der Waals surface area (Å²) in [6.07, 6.45) is 5.86. The summed E-state index contributed by atoms with van der Waals surface area (Å²) in [6, 6.07) is 5.93. The lowest BCUT2D eigenvalue weighted by Crippen LogP contribution is -2.44. The summed E-state index contributed by atoms with van der Waals surface area (Å²) < 4.78 is 0. The molecule has 2 N–H and O–H groups in total. The van der Waals surface area contributed by atoms with Crippen LogP contribution >= 0.6 is 0 Å². The number of hydrogen-bond acceptors (Lipinski definition) is 2. The summed E-state index contributed by atoms with van der Waals surface area (Å²) in [5.74, 6) is 0.140. The molecular weight excluding hydrogens is 236 g/mol. The van der Waals surface area contributed by atoms with Crippen LogP contribution in [0.1, 0.15) is 54.9 Å². The van der Waals surface area contributed by atoms with Gasteiger partial charge in [-0.2, -0.15) is 0 Å². The van der Waals surface area contributed by atoms with Crippen LogP contribution in [0.4, 0.5) is 5.69 Å². The molecule has 1 heterocycles. The first-order valence-electron chi connectivity index (χ1n) is 7.36. The molecule has 1 aromatic carbocycles. The first kappa shape index (κ1) is 12.5. The van der Waals surface area contributed by atoms with Gasteiger partial charge in [-0.1, -0.05) is 31.9 Å². The summed E-state index contributed by atoms with van der Waals surface area (Å²) in [6.45, 7) is 3.96. The molecule has 0 atom stereocenters. The van der Waals surface area contributed by atoms with Gasteiger partial charge in [-0.3, -0.25) is 4.79 Å². The molecule has 3 heteroatoms. The van der Waals surface area contributed by atoms with Gasteiger partial charge in [0.1, 0.15) is 0 Å². The SMILES string of the molecule is CCCCCN1CC2(CC2)c2cccc(N)c2C1=O. The average molecular weight is 258 g/mol. The molecule has 0 bridgehead atoms. The lowest BCUT2D eigenvalue weighted by atomic mass is 9.85. The maximum absolute atomic E-state index is 12.6. The Kier molecular flexibility index (Phi) is 3.00. The van der Waals surface area contributed by atoms with Gasteiger partial charge in [-0.05, 0) is 30.9 Å². The van der Waals surface area contributed by atoms with Gasteiger partial charge in [-0.15, -0.1) is 0 Å². The van der Waals surface area contributed by atoms with Crippen LogP contribution < -0.4 is 5.73 Å². The molecule has 3 nitrogen and oxygen atoms in total. The van der Waals surface area contributed by atoms with Crippen LogP contribution in [0.15, 0.2) is 18.2 Å². The fraction of sp³-hybridized carbons (Fsp3) is 0.562. The molecule has 102 valence electrons. The predicted octanol–water partition coefficient (Wildman–Crippen LogP) is 2.95. The zero-order valence-electron chi connectivity index (χ0n) is 11.6. The Morgan fingerprint density at radius 2 is 2.11 bits per heavy atom. The van der Waals surface area contributed by atoms with E-state index < -0.39 is 0 Å². The second-order valence-electron chi connectivity index (χ2n) is 5.98. The number of nitrogens with zero attached hydrogens (tertiary/aromatic N) is 1. The van der Waals surface area contributed by atoms with E-state index in [1.165, 1.54) is 31.2 Å². The minimum atomic E-state index is 0.140. The van der Waals surface area contributed by atoms with E-state index >= 15 is 0 Å². The Morgan fingerprint density at radius 1 is 1.32 bits per heavy atom. The van der Waals surface area contributed by atoms with E-state index in [0.29, 0.717) is 5.69 Å². The zero-order valence-corrected chi connectivity index (χ0v) is 11.6. The monoisotopic (exact) mass is 258 g/mol. The lowest BCUT2D eigenvalue weighted by Gasteiger charge is -2.35. The summed E-state index contributed by atoms with van der Waals surface area (Å²) in [5, 5.41) is 0. The van der Waals surface area contributed by atoms with Crippen LogP contribution in [0.2, 0.25) is 0 Å². The first-order valence-corrected chi connectivity index (χ1v) is 7.36. The van der Waals surface area contributed by atoms with Crippen LogP contribution in [-0.4, -0.2) is 23.9 Å². The fourth-order valence-corrected chi connectivity index (χ4v) is 3.24. The maximum atomic E-state index is 12.6. The Bertz CT molecular complexity index is 505. The third kappa shape index (κ3) is 2.01. The van der Waals surface area contributed by atoms with E-state index in [0.717, 1.165) is 25.1 Å². The highest BCUT2D eigenvalue weighted by atomic mass is 16.2. The largest absolute Gasteiger partial charge is 0.398 e. The van der Waals surface area contributed by atoms with Gasteiger partial charge in [0, 0.05) is 24.2 Å². The first-order chi connectivity index (χ1) is 9.18. The zero-order chi connectivity index (χ0) is 13.5. The molecule has 1 aliphatic carbocycles. The molecule has 1 fully saturated rings. The van der Waals surface area contributed by atoms with Crippen molar-refractivity contribution >= 4 is 11.6 Å². The second kappa shape index (κ2) is 4.55. The van der Waals surface area contributed by atoms with Crippen molar-refractivity contribution in [2.24, 2.45) is 0 Å². The molecule has 19 heavy (non-hydrogen) atoms. The summed E-state index contributed by atoms with van der Waals surface area (Å²) >= 11 is 0. The topological polar surface area (TPSA) is 46.3 Å². The third-order valence-electron chi connectivity index (χ3n) is 4.55. The van der Waals surface area contributed by atoms with Gasteiger partial charge in [0.15, 0.2) is 0 Å². The average Bonchev–Trinajstić information content (AvgIpc) is 3.16. The highest BCUT2D eigenvalue weighted by Gasteiger charge is 2.51. The van der Waals surface area contributed by atoms with Crippen LogP contribution in [0.5, 0.6) is 0 Å². The maximum Gasteiger partial charge on any atom is 0.256 e. The molecule has 3 rings (SSSR count). The van der Waals surface area contributed by atoms with Gasteiger partial charge < -0.3 is 10.6 Å². The minimum Gasteiger partial charge on any atom is -0.398 e. The van der Waals surface area contributed by atoms with Crippen molar-refractivity contribution < 1.29 is 4.79 Å². The molecular formula is C16H22N2O. The van der Waals surface area contributed by atoms with Crippen molar-refractivity contribution in [3.63, 3.8) is 0 Å². The number of nitrogens with two attached hydrogens (primary N) is 1. The van der Waals surface area contributed by atoms with Gasteiger partial charge in [0.2, 0.25) is 0 Å². The van der Waals surface area contributed by atoms with Crippen LogP contribution in [-0.2, 0) is 5.41 Å². The number of carbonyl (C=O) groups excluding carboxylic acids is 1. The summed E-state index contributed by atoms with van der Waals surface area (Å²) in [4.78, 5) is 14.6. The van der Waals surface area contributed by atoms with Gasteiger partial charge in [0.25, 0.3) is 5.91 Å². The number of fused-ring (bicyclic) bond motifs is 2. The van der Waals surface area contributed by atoms with Crippen molar-refractivity contribution in [3.8, 4) is 0 Å². The smallest absolute Gasteiger partial charge is 0.256 e. The number of benzene rings is 1. The van der Waals surface area contributed by atoms with Crippen LogP contribution in [0, 0.1) is 0 Å². The van der Waals surface area contributed by atoms with E-state index in [1.54, 1.807) is 0 Å². The number of carbonyl (C=O) groups is 1. The summed E-state index contributed by atoms with van der Waals surface area (Å²) in [7, 11) is 0. The minimum absolute atomic E-state index is 0.140. The van der Waals surface area contributed by atoms with E-state index in [2.05, 4.69) is 13.0 Å². The van der Waals surface area contributed by atoms with Crippen molar-refractivity contribution in [3.05, 3.63) is 29.3 Å². The normalized spacial score (nSPS) is 19.6. The Balaban J connectivity index is 1.90. The highest BCUT2D eigenvalue weighted by molar-refractivity contribution is 6.02. The third-order valence-corrected chi connectivity index (χ3v) is 4.55. The molecule has 0 saturated heterocycles. The van der Waals surface area contributed by atoms with Crippen molar-refractivity contribution in [2.45, 2.75) is 44.4 Å². The molecule has 1 aromatic rings. The molecule has 1 amide bonds. The standard InChI is InChI=1S/C16H22N2O/c1-2-3-4-10-18-11-16(8-9-16)12-6-5-7-13(17)14(12)15(18)19/h5-7H,2-4,8-11,17H2,1H3. The summed E-state index contributed by atoms with van der Waals surface area (Å²) in [5.41, 5.74) is 8.90. The molecule has 0 unspecified atom stereocenters. The van der Waals surface area contributed by atoms with Crippen LogP contribution in [0.3, 0.4) is 0 Å². The highest BCUT2D eigenvalue weighted by Crippen LogP contribution is 2.53. The molecule has 1 aliphatic heterocycles. The van der Waals surface area contributed by atoms with Gasteiger partial charge in [-0.25, -0.2) is 0 Å². The molecule has 1 spiro atoms. The Labute approximate surface area is 114 Å². The quantitative estimate of drug-likeness (QED) is 0.666. The number of amides is 1. The number of rotatable bonds is 4. The van der Waals surface area contributed by atoms with Crippen LogP contribution in [0.25, 0.3) is 0 Å². The number of anilines is 1. The molecule has 0 aromatic heterocycles. The molecule has 2 aliphatic rings. The van der Waals surface area contributed by atoms with E-state index in [9.17, 15) is 4.79 Å². The predicted molar refractivity (Wildman–Crippen MR) is 77.2 cm³/mol. The van der Waals surface area contributed by atoms with E-state index in [4.69, 9.17) is 5.73 Å². The van der Waals surface area contributed by atoms with E-state index in [-0.39, 0.29) is 11.3 Å². The molecule has 0 radical (unpaired) electrons. The van der Waals surface area contributed by atoms with Gasteiger partial charge >= 0.3 is 0 Å². The molecule has 1 saturated carbocycles. The lowest BCUT2D eigenvalue weighted by molar-refractivity contribution is 0.0711. The van der Waals surface area contributed by atoms with E-state index in [1.807, 2.05) is 17.0 Å². The van der Waals surface area contributed by atoms with Crippen molar-refractivity contribution in [2.75, 3.05) is 18.8 Å². The Morgan fingerprint density at radius 3 is 2.79 bits per heavy atom. The number of hydrogen-bond donors (Lipinski definition) is 1. The Hall–Kier alpha value is -1.51. The van der Waals surface area contributed by atoms with Crippen molar-refractivity contribution in [1.82, 2.24) is 4.90 Å². The number of unbranched alkanes of at least 4 members (excludes halogenated alkanes) is 2. The van der Waals surface area contributed by atoms with Crippen molar-refractivity contribution in [1.29, 1.82) is 0 Å². The fourth-order valence-electron chi connectivity index (χ4n) is 3.24.